The highest BCUT2D eigenvalue weighted by Crippen LogP contribution is 2.29. The summed E-state index contributed by atoms with van der Waals surface area (Å²) in [6.07, 6.45) is 9.84. The molecule has 1 aliphatic heterocycles. The summed E-state index contributed by atoms with van der Waals surface area (Å²) in [7, 11) is 0. The maximum atomic E-state index is 6.04. The molecule has 1 atom stereocenters. The van der Waals surface area contributed by atoms with E-state index in [1.165, 1.54) is 0 Å². The lowest BCUT2D eigenvalue weighted by atomic mass is 10.1. The van der Waals surface area contributed by atoms with Crippen molar-refractivity contribution >= 4 is 34.7 Å². The summed E-state index contributed by atoms with van der Waals surface area (Å²) < 4.78 is 0. The molecule has 5 nitrogen and oxygen atoms in total. The van der Waals surface area contributed by atoms with Gasteiger partial charge in [0.15, 0.2) is 11.5 Å². The topological polar surface area (TPSA) is 57.7 Å². The largest absolute Gasteiger partial charge is 0.348 e. The monoisotopic (exact) mass is 325 g/mol. The standard InChI is InChI=1S/C17H16ClN5/c18-13-4-1-3-12(9-13)6-7-14-5-2-8-23(14)17-15-16(20-10-19-15)21-11-22-17/h1,3-4,6-7,9-11,14H,2,5,8H2,(H,19,20,21,22)/t14-/m1/s1. The fraction of sp³-hybridized carbons (Fsp3) is 0.235. The number of hydrogen-bond donors (Lipinski definition) is 1. The highest BCUT2D eigenvalue weighted by atomic mass is 35.5. The van der Waals surface area contributed by atoms with Crippen LogP contribution in [0.4, 0.5) is 5.82 Å². The molecule has 4 rings (SSSR count). The van der Waals surface area contributed by atoms with E-state index in [0.29, 0.717) is 6.04 Å². The molecule has 0 saturated carbocycles. The number of imidazole rings is 1. The smallest absolute Gasteiger partial charge is 0.162 e. The molecule has 2 aromatic heterocycles. The minimum Gasteiger partial charge on any atom is -0.348 e. The van der Waals surface area contributed by atoms with Crippen molar-refractivity contribution in [2.75, 3.05) is 11.4 Å². The Morgan fingerprint density at radius 3 is 3.13 bits per heavy atom. The Morgan fingerprint density at radius 2 is 2.22 bits per heavy atom. The van der Waals surface area contributed by atoms with E-state index >= 15 is 0 Å². The highest BCUT2D eigenvalue weighted by Gasteiger charge is 2.25. The fourth-order valence-electron chi connectivity index (χ4n) is 3.05. The van der Waals surface area contributed by atoms with Crippen LogP contribution in [-0.4, -0.2) is 32.5 Å². The molecule has 1 aliphatic rings. The van der Waals surface area contributed by atoms with E-state index in [2.05, 4.69) is 43.1 Å². The quantitative estimate of drug-likeness (QED) is 0.798. The summed E-state index contributed by atoms with van der Waals surface area (Å²) in [4.78, 5) is 18.4. The van der Waals surface area contributed by atoms with Crippen molar-refractivity contribution in [3.63, 3.8) is 0 Å². The van der Waals surface area contributed by atoms with Gasteiger partial charge < -0.3 is 9.88 Å². The molecule has 0 unspecified atom stereocenters. The Hall–Kier alpha value is -2.40. The zero-order valence-corrected chi connectivity index (χ0v) is 13.2. The van der Waals surface area contributed by atoms with Gasteiger partial charge in [-0.05, 0) is 30.5 Å². The van der Waals surface area contributed by atoms with Crippen molar-refractivity contribution < 1.29 is 0 Å². The van der Waals surface area contributed by atoms with Crippen molar-refractivity contribution in [2.24, 2.45) is 0 Å². The number of nitrogens with zero attached hydrogens (tertiary/aromatic N) is 4. The number of fused-ring (bicyclic) bond motifs is 1. The Morgan fingerprint density at radius 1 is 1.26 bits per heavy atom. The highest BCUT2D eigenvalue weighted by molar-refractivity contribution is 6.30. The first-order valence-electron chi connectivity index (χ1n) is 7.66. The number of nitrogens with one attached hydrogen (secondary N) is 1. The van der Waals surface area contributed by atoms with Crippen molar-refractivity contribution in [1.29, 1.82) is 0 Å². The number of halogens is 1. The van der Waals surface area contributed by atoms with E-state index in [4.69, 9.17) is 11.6 Å². The van der Waals surface area contributed by atoms with E-state index in [1.54, 1.807) is 12.7 Å². The van der Waals surface area contributed by atoms with Crippen LogP contribution in [0.3, 0.4) is 0 Å². The molecule has 1 fully saturated rings. The summed E-state index contributed by atoms with van der Waals surface area (Å²) in [5.74, 6) is 0.898. The number of rotatable bonds is 3. The van der Waals surface area contributed by atoms with Crippen LogP contribution in [0.5, 0.6) is 0 Å². The molecule has 1 N–H and O–H groups in total. The molecule has 0 aliphatic carbocycles. The van der Waals surface area contributed by atoms with Gasteiger partial charge in [0.25, 0.3) is 0 Å². The van der Waals surface area contributed by atoms with Crippen molar-refractivity contribution in [1.82, 2.24) is 19.9 Å². The molecule has 3 aromatic rings. The fourth-order valence-corrected chi connectivity index (χ4v) is 3.25. The first-order chi connectivity index (χ1) is 11.3. The Balaban J connectivity index is 1.63. The van der Waals surface area contributed by atoms with Crippen molar-refractivity contribution in [2.45, 2.75) is 18.9 Å². The molecule has 0 spiro atoms. The van der Waals surface area contributed by atoms with E-state index in [0.717, 1.165) is 47.0 Å². The Bertz CT molecular complexity index is 857. The first kappa shape index (κ1) is 14.2. The summed E-state index contributed by atoms with van der Waals surface area (Å²) in [6, 6.07) is 8.18. The summed E-state index contributed by atoms with van der Waals surface area (Å²) in [6.45, 7) is 0.976. The molecular formula is C17H16ClN5. The first-order valence-corrected chi connectivity index (χ1v) is 8.03. The molecule has 0 amide bonds. The van der Waals surface area contributed by atoms with Gasteiger partial charge in [-0.3, -0.25) is 0 Å². The molecule has 3 heterocycles. The van der Waals surface area contributed by atoms with Crippen LogP contribution in [0, 0.1) is 0 Å². The minimum absolute atomic E-state index is 0.309. The lowest BCUT2D eigenvalue weighted by Crippen LogP contribution is -2.28. The molecule has 23 heavy (non-hydrogen) atoms. The van der Waals surface area contributed by atoms with Gasteiger partial charge in [-0.1, -0.05) is 35.9 Å². The maximum Gasteiger partial charge on any atom is 0.162 e. The van der Waals surface area contributed by atoms with Crippen LogP contribution in [0.1, 0.15) is 18.4 Å². The maximum absolute atomic E-state index is 6.04. The Labute approximate surface area is 139 Å². The number of aromatic amines is 1. The van der Waals surface area contributed by atoms with Crippen LogP contribution >= 0.6 is 11.6 Å². The van der Waals surface area contributed by atoms with Gasteiger partial charge in [0.05, 0.1) is 6.33 Å². The average Bonchev–Trinajstić information content (AvgIpc) is 3.21. The zero-order valence-electron chi connectivity index (χ0n) is 12.5. The summed E-state index contributed by atoms with van der Waals surface area (Å²) in [5, 5.41) is 0.754. The van der Waals surface area contributed by atoms with Crippen molar-refractivity contribution in [3.8, 4) is 0 Å². The number of aromatic nitrogens is 4. The van der Waals surface area contributed by atoms with Gasteiger partial charge in [-0.25, -0.2) is 15.0 Å². The van der Waals surface area contributed by atoms with Gasteiger partial charge in [0, 0.05) is 17.6 Å². The van der Waals surface area contributed by atoms with Crippen LogP contribution < -0.4 is 4.90 Å². The number of benzene rings is 1. The second-order valence-electron chi connectivity index (χ2n) is 5.61. The van der Waals surface area contributed by atoms with Gasteiger partial charge >= 0.3 is 0 Å². The third kappa shape index (κ3) is 2.80. The number of hydrogen-bond acceptors (Lipinski definition) is 4. The van der Waals surface area contributed by atoms with Gasteiger partial charge in [-0.2, -0.15) is 0 Å². The van der Waals surface area contributed by atoms with Crippen LogP contribution in [0.2, 0.25) is 5.02 Å². The lowest BCUT2D eigenvalue weighted by Gasteiger charge is -2.23. The van der Waals surface area contributed by atoms with Crippen LogP contribution in [0.15, 0.2) is 43.0 Å². The third-order valence-corrected chi connectivity index (χ3v) is 4.36. The second kappa shape index (κ2) is 6.01. The molecule has 1 saturated heterocycles. The zero-order chi connectivity index (χ0) is 15.6. The molecule has 116 valence electrons. The predicted molar refractivity (Wildman–Crippen MR) is 92.5 cm³/mol. The minimum atomic E-state index is 0.309. The van der Waals surface area contributed by atoms with Gasteiger partial charge in [0.2, 0.25) is 0 Å². The third-order valence-electron chi connectivity index (χ3n) is 4.13. The van der Waals surface area contributed by atoms with E-state index in [9.17, 15) is 0 Å². The van der Waals surface area contributed by atoms with Gasteiger partial charge in [-0.15, -0.1) is 0 Å². The van der Waals surface area contributed by atoms with E-state index in [1.807, 2.05) is 18.2 Å². The number of H-pyrrole nitrogens is 1. The lowest BCUT2D eigenvalue weighted by molar-refractivity contribution is 0.799. The molecular weight excluding hydrogens is 310 g/mol. The summed E-state index contributed by atoms with van der Waals surface area (Å²) in [5.41, 5.74) is 2.71. The predicted octanol–water partition coefficient (Wildman–Crippen LogP) is 3.69. The van der Waals surface area contributed by atoms with E-state index < -0.39 is 0 Å². The van der Waals surface area contributed by atoms with Crippen molar-refractivity contribution in [3.05, 3.63) is 53.6 Å². The van der Waals surface area contributed by atoms with Crippen LogP contribution in [-0.2, 0) is 0 Å². The van der Waals surface area contributed by atoms with E-state index in [-0.39, 0.29) is 0 Å². The molecule has 1 aromatic carbocycles. The number of anilines is 1. The molecule has 0 bridgehead atoms. The summed E-state index contributed by atoms with van der Waals surface area (Å²) >= 11 is 6.04. The Kier molecular flexibility index (Phi) is 3.71. The van der Waals surface area contributed by atoms with Crippen LogP contribution in [0.25, 0.3) is 17.2 Å². The average molecular weight is 326 g/mol. The SMILES string of the molecule is Clc1cccc(C=C[C@H]2CCCN2c2ncnc3[nH]cnc23)c1. The molecule has 0 radical (unpaired) electrons. The van der Waals surface area contributed by atoms with Gasteiger partial charge in [0.1, 0.15) is 11.8 Å². The molecule has 6 heteroatoms. The second-order valence-corrected chi connectivity index (χ2v) is 6.05. The normalized spacial score (nSPS) is 18.3.